The Morgan fingerprint density at radius 2 is 1.66 bits per heavy atom. The lowest BCUT2D eigenvalue weighted by Gasteiger charge is -2.34. The first-order chi connectivity index (χ1) is 17.0. The lowest BCUT2D eigenvalue weighted by molar-refractivity contribution is 0.0628. The number of fused-ring (bicyclic) bond motifs is 1. The maximum Gasteiger partial charge on any atom is 0.262 e. The minimum Gasteiger partial charge on any atom is -0.486 e. The smallest absolute Gasteiger partial charge is 0.262 e. The minimum absolute atomic E-state index is 0.0344. The molecule has 182 valence electrons. The Kier molecular flexibility index (Phi) is 6.56. The maximum absolute atomic E-state index is 13.3. The number of hydrogen-bond donors (Lipinski definition) is 1. The predicted octanol–water partition coefficient (Wildman–Crippen LogP) is 2.61. The van der Waals surface area contributed by atoms with Gasteiger partial charge in [0.2, 0.25) is 0 Å². The number of ether oxygens (including phenoxy) is 2. The number of nitrogens with zero attached hydrogens (tertiary/aromatic N) is 3. The normalized spacial score (nSPS) is 16.1. The molecule has 1 fully saturated rings. The van der Waals surface area contributed by atoms with Gasteiger partial charge in [0.25, 0.3) is 15.9 Å². The summed E-state index contributed by atoms with van der Waals surface area (Å²) in [7, 11) is -3.95. The van der Waals surface area contributed by atoms with Crippen LogP contribution in [0.15, 0.2) is 71.8 Å². The number of benzene rings is 2. The van der Waals surface area contributed by atoms with E-state index in [1.54, 1.807) is 41.4 Å². The molecule has 1 N–H and O–H groups in total. The van der Waals surface area contributed by atoms with Gasteiger partial charge in [0.1, 0.15) is 13.2 Å². The van der Waals surface area contributed by atoms with Gasteiger partial charge in [-0.15, -0.1) is 0 Å². The number of hydrogen-bond acceptors (Lipinski definition) is 7. The minimum atomic E-state index is -3.95. The molecular weight excluding hydrogens is 468 g/mol. The second kappa shape index (κ2) is 9.93. The third-order valence-corrected chi connectivity index (χ3v) is 7.36. The molecule has 10 heteroatoms. The number of nitrogens with one attached hydrogen (secondary N) is 1. The molecule has 1 saturated heterocycles. The fourth-order valence-electron chi connectivity index (χ4n) is 4.15. The molecule has 2 aliphatic rings. The molecule has 1 aromatic heterocycles. The van der Waals surface area contributed by atoms with Gasteiger partial charge >= 0.3 is 0 Å². The van der Waals surface area contributed by atoms with Gasteiger partial charge < -0.3 is 14.4 Å². The van der Waals surface area contributed by atoms with Crippen LogP contribution in [-0.2, 0) is 16.6 Å². The molecule has 0 spiro atoms. The third-order valence-electron chi connectivity index (χ3n) is 6.00. The molecule has 1 amide bonds. The van der Waals surface area contributed by atoms with Gasteiger partial charge in [-0.25, -0.2) is 8.42 Å². The Balaban J connectivity index is 1.28. The number of aromatic nitrogens is 1. The molecule has 0 atom stereocenters. The van der Waals surface area contributed by atoms with E-state index in [0.29, 0.717) is 56.5 Å². The van der Waals surface area contributed by atoms with Crippen molar-refractivity contribution in [2.45, 2.75) is 11.4 Å². The number of amides is 1. The fraction of sp³-hybridized carbons (Fsp3) is 0.280. The summed E-state index contributed by atoms with van der Waals surface area (Å²) in [4.78, 5) is 21.7. The van der Waals surface area contributed by atoms with Crippen molar-refractivity contribution >= 4 is 21.6 Å². The molecule has 5 rings (SSSR count). The van der Waals surface area contributed by atoms with Gasteiger partial charge in [-0.2, -0.15) is 0 Å². The molecule has 0 radical (unpaired) electrons. The topological polar surface area (TPSA) is 101 Å². The van der Waals surface area contributed by atoms with Crippen LogP contribution in [0.5, 0.6) is 11.5 Å². The average molecular weight is 495 g/mol. The summed E-state index contributed by atoms with van der Waals surface area (Å²) in [5.74, 6) is 0.683. The zero-order valence-electron chi connectivity index (χ0n) is 19.1. The molecule has 3 aromatic rings. The van der Waals surface area contributed by atoms with E-state index < -0.39 is 10.0 Å². The first-order valence-corrected chi connectivity index (χ1v) is 12.9. The van der Waals surface area contributed by atoms with E-state index in [0.717, 1.165) is 12.2 Å². The van der Waals surface area contributed by atoms with Crippen molar-refractivity contribution in [3.63, 3.8) is 0 Å². The van der Waals surface area contributed by atoms with Gasteiger partial charge in [-0.3, -0.25) is 19.4 Å². The van der Waals surface area contributed by atoms with Crippen molar-refractivity contribution in [3.8, 4) is 11.5 Å². The maximum atomic E-state index is 13.3. The van der Waals surface area contributed by atoms with Gasteiger partial charge in [0.15, 0.2) is 11.5 Å². The molecule has 0 unspecified atom stereocenters. The molecule has 35 heavy (non-hydrogen) atoms. The zero-order chi connectivity index (χ0) is 24.3. The molecule has 3 heterocycles. The van der Waals surface area contributed by atoms with Gasteiger partial charge in [0, 0.05) is 45.0 Å². The summed E-state index contributed by atoms with van der Waals surface area (Å²) in [5.41, 5.74) is 1.54. The number of anilines is 1. The van der Waals surface area contributed by atoms with Crippen molar-refractivity contribution in [2.24, 2.45) is 0 Å². The first-order valence-electron chi connectivity index (χ1n) is 11.4. The van der Waals surface area contributed by atoms with E-state index in [2.05, 4.69) is 14.6 Å². The Hall–Kier alpha value is -3.63. The first kappa shape index (κ1) is 23.1. The van der Waals surface area contributed by atoms with Crippen LogP contribution in [0.1, 0.15) is 16.1 Å². The van der Waals surface area contributed by atoms with Crippen LogP contribution in [0.2, 0.25) is 0 Å². The van der Waals surface area contributed by atoms with E-state index in [-0.39, 0.29) is 16.5 Å². The van der Waals surface area contributed by atoms with E-state index in [9.17, 15) is 13.2 Å². The van der Waals surface area contributed by atoms with Gasteiger partial charge in [-0.1, -0.05) is 18.2 Å². The molecule has 0 saturated carbocycles. The van der Waals surface area contributed by atoms with E-state index in [1.807, 2.05) is 18.2 Å². The Labute approximate surface area is 204 Å². The highest BCUT2D eigenvalue weighted by atomic mass is 32.2. The summed E-state index contributed by atoms with van der Waals surface area (Å²) in [6, 6.07) is 17.0. The Bertz CT molecular complexity index is 1310. The molecule has 0 bridgehead atoms. The highest BCUT2D eigenvalue weighted by Gasteiger charge is 2.26. The monoisotopic (exact) mass is 494 g/mol. The fourth-order valence-corrected chi connectivity index (χ4v) is 5.25. The van der Waals surface area contributed by atoms with E-state index in [4.69, 9.17) is 9.47 Å². The molecule has 9 nitrogen and oxygen atoms in total. The summed E-state index contributed by atoms with van der Waals surface area (Å²) in [6.45, 7) is 4.04. The number of rotatable bonds is 6. The zero-order valence-corrected chi connectivity index (χ0v) is 19.9. The number of para-hydroxylation sites is 1. The highest BCUT2D eigenvalue weighted by molar-refractivity contribution is 7.92. The summed E-state index contributed by atoms with van der Waals surface area (Å²) < 4.78 is 39.8. The van der Waals surface area contributed by atoms with Crippen LogP contribution >= 0.6 is 0 Å². The lowest BCUT2D eigenvalue weighted by Crippen LogP contribution is -2.48. The second-order valence-corrected chi connectivity index (χ2v) is 10.0. The average Bonchev–Trinajstić information content (AvgIpc) is 2.89. The predicted molar refractivity (Wildman–Crippen MR) is 130 cm³/mol. The van der Waals surface area contributed by atoms with E-state index in [1.165, 1.54) is 12.1 Å². The third kappa shape index (κ3) is 5.23. The number of piperazine rings is 1. The number of carbonyl (C=O) groups excluding carboxylic acids is 1. The standard InChI is InChI=1S/C25H26N4O5S/c30-25(29-13-11-28(12-14-29)18-19-5-3-4-10-26-19)21-6-1-2-7-22(21)27-35(31,32)20-8-9-23-24(17-20)34-16-15-33-23/h1-10,17,27H,11-16,18H2. The van der Waals surface area contributed by atoms with Crippen LogP contribution < -0.4 is 14.2 Å². The molecular formula is C25H26N4O5S. The van der Waals surface area contributed by atoms with Crippen LogP contribution in [0.3, 0.4) is 0 Å². The van der Waals surface area contributed by atoms with Crippen LogP contribution in [0.25, 0.3) is 0 Å². The Morgan fingerprint density at radius 3 is 2.43 bits per heavy atom. The second-order valence-electron chi connectivity index (χ2n) is 8.35. The lowest BCUT2D eigenvalue weighted by atomic mass is 10.1. The molecule has 2 aromatic carbocycles. The summed E-state index contributed by atoms with van der Waals surface area (Å²) >= 11 is 0. The van der Waals surface area contributed by atoms with Crippen molar-refractivity contribution in [2.75, 3.05) is 44.1 Å². The summed E-state index contributed by atoms with van der Waals surface area (Å²) in [5, 5.41) is 0. The van der Waals surface area contributed by atoms with Gasteiger partial charge in [-0.05, 0) is 36.4 Å². The molecule has 2 aliphatic heterocycles. The quantitative estimate of drug-likeness (QED) is 0.562. The number of carbonyl (C=O) groups is 1. The van der Waals surface area contributed by atoms with Crippen molar-refractivity contribution < 1.29 is 22.7 Å². The van der Waals surface area contributed by atoms with Crippen LogP contribution in [-0.4, -0.2) is 68.5 Å². The Morgan fingerprint density at radius 1 is 0.914 bits per heavy atom. The number of pyridine rings is 1. The highest BCUT2D eigenvalue weighted by Crippen LogP contribution is 2.33. The SMILES string of the molecule is O=C(c1ccccc1NS(=O)(=O)c1ccc2c(c1)OCCO2)N1CCN(Cc2ccccn2)CC1. The summed E-state index contributed by atoms with van der Waals surface area (Å²) in [6.07, 6.45) is 1.78. The van der Waals surface area contributed by atoms with Crippen molar-refractivity contribution in [1.82, 2.24) is 14.8 Å². The number of sulfonamides is 1. The van der Waals surface area contributed by atoms with Crippen LogP contribution in [0, 0.1) is 0 Å². The van der Waals surface area contributed by atoms with E-state index >= 15 is 0 Å². The molecule has 0 aliphatic carbocycles. The van der Waals surface area contributed by atoms with Gasteiger partial charge in [0.05, 0.1) is 21.8 Å². The largest absolute Gasteiger partial charge is 0.486 e. The van der Waals surface area contributed by atoms with Crippen molar-refractivity contribution in [3.05, 3.63) is 78.1 Å². The van der Waals surface area contributed by atoms with Crippen molar-refractivity contribution in [1.29, 1.82) is 0 Å². The van der Waals surface area contributed by atoms with Crippen LogP contribution in [0.4, 0.5) is 5.69 Å².